The van der Waals surface area contributed by atoms with Gasteiger partial charge in [-0.25, -0.2) is 4.90 Å². The van der Waals surface area contributed by atoms with Crippen LogP contribution in [0.4, 0.5) is 22.7 Å². The molecule has 0 N–H and O–H groups in total. The van der Waals surface area contributed by atoms with Gasteiger partial charge in [0.15, 0.2) is 0 Å². The molecule has 0 saturated heterocycles. The van der Waals surface area contributed by atoms with Gasteiger partial charge >= 0.3 is 0 Å². The second-order valence-corrected chi connectivity index (χ2v) is 8.41. The van der Waals surface area contributed by atoms with Gasteiger partial charge in [-0.05, 0) is 60.0 Å². The zero-order valence-corrected chi connectivity index (χ0v) is 18.8. The molecule has 2 aliphatic rings. The van der Waals surface area contributed by atoms with Gasteiger partial charge in [-0.1, -0.05) is 18.2 Å². The molecule has 0 saturated carbocycles. The van der Waals surface area contributed by atoms with Gasteiger partial charge in [0, 0.05) is 44.1 Å². The Hall–Kier alpha value is -4.46. The van der Waals surface area contributed by atoms with Crippen molar-refractivity contribution in [2.24, 2.45) is 0 Å². The van der Waals surface area contributed by atoms with E-state index >= 15 is 0 Å². The van der Waals surface area contributed by atoms with Crippen molar-refractivity contribution in [3.8, 4) is 0 Å². The van der Waals surface area contributed by atoms with Crippen molar-refractivity contribution in [3.63, 3.8) is 0 Å². The monoisotopic (exact) mass is 454 g/mol. The first-order valence-electron chi connectivity index (χ1n) is 10.9. The number of hydrogen-bond acceptors (Lipinski definition) is 6. The smallest absolute Gasteiger partial charge is 0.282 e. The fraction of sp³-hybridized carbons (Fsp3) is 0.154. The summed E-state index contributed by atoms with van der Waals surface area (Å²) in [5, 5.41) is 11.1. The number of amides is 2. The average molecular weight is 454 g/mol. The van der Waals surface area contributed by atoms with Crippen LogP contribution in [0.25, 0.3) is 5.57 Å². The molecule has 5 rings (SSSR count). The molecule has 3 aromatic rings. The summed E-state index contributed by atoms with van der Waals surface area (Å²) in [6.45, 7) is 0.567. The van der Waals surface area contributed by atoms with Crippen molar-refractivity contribution in [3.05, 3.63) is 99.7 Å². The lowest BCUT2D eigenvalue weighted by atomic mass is 10.0. The molecule has 0 fully saturated rings. The molecule has 2 amide bonds. The van der Waals surface area contributed by atoms with E-state index in [1.54, 1.807) is 12.1 Å². The Bertz CT molecular complexity index is 1340. The van der Waals surface area contributed by atoms with Crippen LogP contribution in [0.15, 0.2) is 78.5 Å². The maximum Gasteiger partial charge on any atom is 0.282 e. The normalized spacial score (nSPS) is 15.2. The first kappa shape index (κ1) is 21.4. The van der Waals surface area contributed by atoms with Gasteiger partial charge in [0.1, 0.15) is 5.70 Å². The van der Waals surface area contributed by atoms with Gasteiger partial charge in [-0.15, -0.1) is 0 Å². The molecule has 0 unspecified atom stereocenters. The van der Waals surface area contributed by atoms with E-state index in [-0.39, 0.29) is 11.3 Å². The molecule has 2 aliphatic heterocycles. The number of carbonyl (C=O) groups excluding carboxylic acids is 2. The van der Waals surface area contributed by atoms with Crippen molar-refractivity contribution in [2.75, 3.05) is 35.3 Å². The third-order valence-corrected chi connectivity index (χ3v) is 6.21. The fourth-order valence-electron chi connectivity index (χ4n) is 4.48. The molecule has 170 valence electrons. The Labute approximate surface area is 196 Å². The summed E-state index contributed by atoms with van der Waals surface area (Å²) >= 11 is 0. The summed E-state index contributed by atoms with van der Waals surface area (Å²) in [6, 6.07) is 20.8. The summed E-state index contributed by atoms with van der Waals surface area (Å²) in [5.74, 6) is -0.858. The van der Waals surface area contributed by atoms with Crippen molar-refractivity contribution in [1.29, 1.82) is 0 Å². The predicted octanol–water partition coefficient (Wildman–Crippen LogP) is 4.01. The zero-order chi connectivity index (χ0) is 24.0. The SMILES string of the molecule is CN(C)c1ccc(N2C(=O)C(c3ccc([N+](=O)[O-])cc3)=C(N3CCc4ccccc43)C2=O)cc1. The molecule has 0 bridgehead atoms. The molecule has 0 atom stereocenters. The van der Waals surface area contributed by atoms with Crippen LogP contribution in [0.3, 0.4) is 0 Å². The molecule has 0 spiro atoms. The highest BCUT2D eigenvalue weighted by molar-refractivity contribution is 6.46. The molecule has 3 aromatic carbocycles. The van der Waals surface area contributed by atoms with Gasteiger partial charge < -0.3 is 9.80 Å². The Kier molecular flexibility index (Phi) is 5.13. The first-order chi connectivity index (χ1) is 16.4. The molecule has 8 nitrogen and oxygen atoms in total. The van der Waals surface area contributed by atoms with Crippen LogP contribution in [0.2, 0.25) is 0 Å². The number of benzene rings is 3. The minimum absolute atomic E-state index is 0.0784. The van der Waals surface area contributed by atoms with E-state index in [2.05, 4.69) is 0 Å². The highest BCUT2D eigenvalue weighted by atomic mass is 16.6. The van der Waals surface area contributed by atoms with Gasteiger partial charge in [-0.3, -0.25) is 19.7 Å². The summed E-state index contributed by atoms with van der Waals surface area (Å²) in [7, 11) is 3.83. The maximum atomic E-state index is 13.8. The number of non-ortho nitro benzene ring substituents is 1. The van der Waals surface area contributed by atoms with E-state index < -0.39 is 16.7 Å². The second kappa shape index (κ2) is 8.15. The van der Waals surface area contributed by atoms with Crippen LogP contribution >= 0.6 is 0 Å². The van der Waals surface area contributed by atoms with Crippen molar-refractivity contribution >= 4 is 40.1 Å². The number of carbonyl (C=O) groups is 2. The predicted molar refractivity (Wildman–Crippen MR) is 131 cm³/mol. The molecule has 0 aliphatic carbocycles. The van der Waals surface area contributed by atoms with Crippen molar-refractivity contribution in [1.82, 2.24) is 0 Å². The number of nitro groups is 1. The van der Waals surface area contributed by atoms with Gasteiger partial charge in [-0.2, -0.15) is 0 Å². The van der Waals surface area contributed by atoms with Gasteiger partial charge in [0.05, 0.1) is 16.2 Å². The van der Waals surface area contributed by atoms with E-state index in [0.717, 1.165) is 23.4 Å². The Balaban J connectivity index is 1.63. The van der Waals surface area contributed by atoms with Crippen LogP contribution in [0.5, 0.6) is 0 Å². The highest BCUT2D eigenvalue weighted by Gasteiger charge is 2.44. The van der Waals surface area contributed by atoms with Crippen LogP contribution < -0.4 is 14.7 Å². The number of para-hydroxylation sites is 1. The third-order valence-electron chi connectivity index (χ3n) is 6.21. The van der Waals surface area contributed by atoms with Crippen LogP contribution in [-0.4, -0.2) is 37.4 Å². The molecule has 0 aromatic heterocycles. The maximum absolute atomic E-state index is 13.8. The number of hydrogen-bond donors (Lipinski definition) is 0. The Morgan fingerprint density at radius 3 is 2.21 bits per heavy atom. The largest absolute Gasteiger partial charge is 0.378 e. The van der Waals surface area contributed by atoms with Crippen LogP contribution in [0, 0.1) is 10.1 Å². The lowest BCUT2D eigenvalue weighted by Crippen LogP contribution is -2.34. The molecular formula is C26H22N4O4. The lowest BCUT2D eigenvalue weighted by Gasteiger charge is -2.22. The standard InChI is InChI=1S/C26H22N4O4/c1-27(2)19-11-13-20(14-12-19)29-25(31)23(18-7-9-21(10-8-18)30(33)34)24(26(29)32)28-16-15-17-5-3-4-6-22(17)28/h3-14H,15-16H2,1-2H3. The highest BCUT2D eigenvalue weighted by Crippen LogP contribution is 2.40. The quantitative estimate of drug-likeness (QED) is 0.329. The summed E-state index contributed by atoms with van der Waals surface area (Å²) in [5.41, 5.74) is 4.34. The number of nitrogens with zero attached hydrogens (tertiary/aromatic N) is 4. The Morgan fingerprint density at radius 2 is 1.56 bits per heavy atom. The number of nitro benzene ring substituents is 1. The number of anilines is 3. The third kappa shape index (κ3) is 3.40. The van der Waals surface area contributed by atoms with E-state index in [1.807, 2.05) is 60.3 Å². The summed E-state index contributed by atoms with van der Waals surface area (Å²) in [6.07, 6.45) is 0.756. The van der Waals surface area contributed by atoms with Crippen molar-refractivity contribution < 1.29 is 14.5 Å². The molecule has 0 radical (unpaired) electrons. The van der Waals surface area contributed by atoms with E-state index in [0.29, 0.717) is 23.5 Å². The number of imide groups is 1. The van der Waals surface area contributed by atoms with Crippen molar-refractivity contribution in [2.45, 2.75) is 6.42 Å². The molecular weight excluding hydrogens is 432 g/mol. The fourth-order valence-corrected chi connectivity index (χ4v) is 4.48. The van der Waals surface area contributed by atoms with E-state index in [1.165, 1.54) is 29.2 Å². The first-order valence-corrected chi connectivity index (χ1v) is 10.9. The molecule has 8 heteroatoms. The van der Waals surface area contributed by atoms with Gasteiger partial charge in [0.2, 0.25) is 0 Å². The van der Waals surface area contributed by atoms with Crippen LogP contribution in [0.1, 0.15) is 11.1 Å². The molecule has 2 heterocycles. The average Bonchev–Trinajstić information content (AvgIpc) is 3.37. The second-order valence-electron chi connectivity index (χ2n) is 8.41. The number of fused-ring (bicyclic) bond motifs is 1. The molecule has 34 heavy (non-hydrogen) atoms. The van der Waals surface area contributed by atoms with Crippen LogP contribution in [-0.2, 0) is 16.0 Å². The summed E-state index contributed by atoms with van der Waals surface area (Å²) in [4.78, 5) is 43.1. The minimum atomic E-state index is -0.490. The number of rotatable bonds is 5. The summed E-state index contributed by atoms with van der Waals surface area (Å²) < 4.78 is 0. The lowest BCUT2D eigenvalue weighted by molar-refractivity contribution is -0.384. The Morgan fingerprint density at radius 1 is 0.882 bits per heavy atom. The topological polar surface area (TPSA) is 87.0 Å². The van der Waals surface area contributed by atoms with E-state index in [4.69, 9.17) is 0 Å². The van der Waals surface area contributed by atoms with E-state index in [9.17, 15) is 19.7 Å². The zero-order valence-electron chi connectivity index (χ0n) is 18.8. The minimum Gasteiger partial charge on any atom is -0.378 e. The van der Waals surface area contributed by atoms with Gasteiger partial charge in [0.25, 0.3) is 17.5 Å².